The fourth-order valence-corrected chi connectivity index (χ4v) is 2.21. The Hall–Kier alpha value is -1.62. The molecular weight excluding hydrogens is 233 g/mol. The Morgan fingerprint density at radius 3 is 2.78 bits per heavy atom. The van der Waals surface area contributed by atoms with Crippen LogP contribution in [-0.4, -0.2) is 48.9 Å². The summed E-state index contributed by atoms with van der Waals surface area (Å²) in [6, 6.07) is 4.52. The summed E-state index contributed by atoms with van der Waals surface area (Å²) < 4.78 is 13.1. The minimum Gasteiger partial charge on any atom is -0.396 e. The first kappa shape index (κ1) is 12.8. The average Bonchev–Trinajstić information content (AvgIpc) is 2.81. The van der Waals surface area contributed by atoms with Crippen LogP contribution in [0, 0.1) is 5.82 Å². The van der Waals surface area contributed by atoms with Gasteiger partial charge in [-0.2, -0.15) is 0 Å². The first-order valence-corrected chi connectivity index (χ1v) is 6.00. The number of benzene rings is 1. The summed E-state index contributed by atoms with van der Waals surface area (Å²) in [7, 11) is 4.02. The number of carbonyl (C=O) groups excluding carboxylic acids is 1. The smallest absolute Gasteiger partial charge is 0.253 e. The summed E-state index contributed by atoms with van der Waals surface area (Å²) in [5, 5.41) is 0. The van der Waals surface area contributed by atoms with Crippen molar-refractivity contribution < 1.29 is 9.18 Å². The molecule has 0 aromatic heterocycles. The minimum atomic E-state index is -0.487. The molecule has 1 aliphatic heterocycles. The molecule has 2 rings (SSSR count). The molecule has 4 nitrogen and oxygen atoms in total. The van der Waals surface area contributed by atoms with Gasteiger partial charge in [-0.15, -0.1) is 0 Å². The predicted molar refractivity (Wildman–Crippen MR) is 68.8 cm³/mol. The molecule has 1 unspecified atom stereocenters. The normalized spacial score (nSPS) is 19.6. The van der Waals surface area contributed by atoms with E-state index in [4.69, 9.17) is 5.73 Å². The van der Waals surface area contributed by atoms with Crippen molar-refractivity contribution in [2.75, 3.05) is 32.9 Å². The van der Waals surface area contributed by atoms with Gasteiger partial charge in [-0.05, 0) is 38.7 Å². The van der Waals surface area contributed by atoms with Crippen LogP contribution in [-0.2, 0) is 0 Å². The predicted octanol–water partition coefficient (Wildman–Crippen LogP) is 1.18. The number of anilines is 1. The van der Waals surface area contributed by atoms with Crippen molar-refractivity contribution in [3.05, 3.63) is 29.6 Å². The number of likely N-dealkylation sites (tertiary alicyclic amines) is 1. The number of nitrogen functional groups attached to an aromatic ring is 1. The maximum atomic E-state index is 13.1. The number of hydrogen-bond acceptors (Lipinski definition) is 3. The molecule has 2 N–H and O–H groups in total. The maximum absolute atomic E-state index is 13.1. The van der Waals surface area contributed by atoms with Gasteiger partial charge in [-0.3, -0.25) is 4.79 Å². The van der Waals surface area contributed by atoms with E-state index in [1.807, 2.05) is 14.1 Å². The van der Waals surface area contributed by atoms with Crippen LogP contribution in [0.4, 0.5) is 10.1 Å². The molecule has 1 aromatic rings. The van der Waals surface area contributed by atoms with Gasteiger partial charge in [0.1, 0.15) is 5.82 Å². The van der Waals surface area contributed by atoms with Gasteiger partial charge in [0.15, 0.2) is 0 Å². The lowest BCUT2D eigenvalue weighted by Crippen LogP contribution is -2.34. The summed E-state index contributed by atoms with van der Waals surface area (Å²) in [5.41, 5.74) is 5.95. The van der Waals surface area contributed by atoms with Crippen LogP contribution in [0.2, 0.25) is 0 Å². The number of nitrogens with zero attached hydrogens (tertiary/aromatic N) is 2. The third kappa shape index (κ3) is 2.46. The molecule has 1 saturated heterocycles. The molecule has 1 aromatic carbocycles. The molecule has 0 radical (unpaired) electrons. The van der Waals surface area contributed by atoms with Crippen LogP contribution in [0.15, 0.2) is 18.2 Å². The Balaban J connectivity index is 2.10. The molecule has 0 spiro atoms. The van der Waals surface area contributed by atoms with E-state index in [2.05, 4.69) is 4.90 Å². The summed E-state index contributed by atoms with van der Waals surface area (Å²) >= 11 is 0. The highest BCUT2D eigenvalue weighted by Crippen LogP contribution is 2.18. The van der Waals surface area contributed by atoms with Crippen molar-refractivity contribution in [3.63, 3.8) is 0 Å². The van der Waals surface area contributed by atoms with E-state index in [0.717, 1.165) is 13.0 Å². The molecular formula is C13H18FN3O. The zero-order valence-corrected chi connectivity index (χ0v) is 10.7. The van der Waals surface area contributed by atoms with Gasteiger partial charge in [-0.25, -0.2) is 4.39 Å². The molecule has 1 atom stereocenters. The Kier molecular flexibility index (Phi) is 3.52. The zero-order chi connectivity index (χ0) is 13.3. The lowest BCUT2D eigenvalue weighted by molar-refractivity contribution is 0.0783. The van der Waals surface area contributed by atoms with Crippen molar-refractivity contribution in [1.29, 1.82) is 0 Å². The summed E-state index contributed by atoms with van der Waals surface area (Å²) in [6.45, 7) is 1.45. The van der Waals surface area contributed by atoms with E-state index in [9.17, 15) is 9.18 Å². The number of carbonyl (C=O) groups is 1. The second-order valence-electron chi connectivity index (χ2n) is 4.89. The Morgan fingerprint density at radius 2 is 2.22 bits per heavy atom. The van der Waals surface area contributed by atoms with E-state index in [0.29, 0.717) is 18.2 Å². The summed E-state index contributed by atoms with van der Waals surface area (Å²) in [4.78, 5) is 16.1. The number of amides is 1. The molecule has 5 heteroatoms. The Labute approximate surface area is 106 Å². The quantitative estimate of drug-likeness (QED) is 0.803. The molecule has 1 aliphatic rings. The molecule has 0 bridgehead atoms. The Morgan fingerprint density at radius 1 is 1.50 bits per heavy atom. The molecule has 18 heavy (non-hydrogen) atoms. The van der Waals surface area contributed by atoms with Crippen LogP contribution in [0.1, 0.15) is 16.8 Å². The summed E-state index contributed by atoms with van der Waals surface area (Å²) in [5.74, 6) is -0.565. The maximum Gasteiger partial charge on any atom is 0.253 e. The van der Waals surface area contributed by atoms with Crippen LogP contribution < -0.4 is 5.73 Å². The van der Waals surface area contributed by atoms with Crippen LogP contribution in [0.5, 0.6) is 0 Å². The molecule has 1 heterocycles. The number of nitrogens with two attached hydrogens (primary N) is 1. The fraction of sp³-hybridized carbons (Fsp3) is 0.462. The summed E-state index contributed by atoms with van der Waals surface area (Å²) in [6.07, 6.45) is 0.968. The van der Waals surface area contributed by atoms with Crippen molar-refractivity contribution in [2.45, 2.75) is 12.5 Å². The molecule has 1 fully saturated rings. The number of halogens is 1. The van der Waals surface area contributed by atoms with Crippen LogP contribution in [0.3, 0.4) is 0 Å². The number of likely N-dealkylation sites (N-methyl/N-ethyl adjacent to an activating group) is 1. The average molecular weight is 251 g/mol. The van der Waals surface area contributed by atoms with E-state index >= 15 is 0 Å². The first-order chi connectivity index (χ1) is 8.49. The molecule has 0 saturated carbocycles. The van der Waals surface area contributed by atoms with E-state index in [-0.39, 0.29) is 11.6 Å². The van der Waals surface area contributed by atoms with Gasteiger partial charge < -0.3 is 15.5 Å². The van der Waals surface area contributed by atoms with Gasteiger partial charge in [0, 0.05) is 24.7 Å². The van der Waals surface area contributed by atoms with E-state index < -0.39 is 5.82 Å². The molecule has 0 aliphatic carbocycles. The van der Waals surface area contributed by atoms with E-state index in [1.54, 1.807) is 4.90 Å². The second-order valence-corrected chi connectivity index (χ2v) is 4.89. The van der Waals surface area contributed by atoms with Gasteiger partial charge in [0.2, 0.25) is 0 Å². The minimum absolute atomic E-state index is 0.0178. The third-order valence-corrected chi connectivity index (χ3v) is 3.42. The van der Waals surface area contributed by atoms with Crippen molar-refractivity contribution >= 4 is 11.6 Å². The third-order valence-electron chi connectivity index (χ3n) is 3.42. The lowest BCUT2D eigenvalue weighted by atomic mass is 10.1. The van der Waals surface area contributed by atoms with Crippen molar-refractivity contribution in [1.82, 2.24) is 9.80 Å². The highest BCUT2D eigenvalue weighted by molar-refractivity contribution is 5.95. The highest BCUT2D eigenvalue weighted by atomic mass is 19.1. The highest BCUT2D eigenvalue weighted by Gasteiger charge is 2.28. The van der Waals surface area contributed by atoms with Gasteiger partial charge in [-0.1, -0.05) is 0 Å². The SMILES string of the molecule is CN(C)C1CCN(C(=O)c2ccc(F)c(N)c2)C1. The zero-order valence-electron chi connectivity index (χ0n) is 10.7. The second kappa shape index (κ2) is 4.94. The van der Waals surface area contributed by atoms with Crippen molar-refractivity contribution in [2.24, 2.45) is 0 Å². The first-order valence-electron chi connectivity index (χ1n) is 6.00. The lowest BCUT2D eigenvalue weighted by Gasteiger charge is -2.20. The number of hydrogen-bond donors (Lipinski definition) is 1. The van der Waals surface area contributed by atoms with Crippen LogP contribution >= 0.6 is 0 Å². The van der Waals surface area contributed by atoms with E-state index in [1.165, 1.54) is 18.2 Å². The topological polar surface area (TPSA) is 49.6 Å². The number of rotatable bonds is 2. The van der Waals surface area contributed by atoms with Gasteiger partial charge in [0.05, 0.1) is 5.69 Å². The van der Waals surface area contributed by atoms with Crippen molar-refractivity contribution in [3.8, 4) is 0 Å². The standard InChI is InChI=1S/C13H18FN3O/c1-16(2)10-5-6-17(8-10)13(18)9-3-4-11(14)12(15)7-9/h3-4,7,10H,5-6,8,15H2,1-2H3. The Bertz CT molecular complexity index is 462. The molecule has 1 amide bonds. The largest absolute Gasteiger partial charge is 0.396 e. The van der Waals surface area contributed by atoms with Gasteiger partial charge in [0.25, 0.3) is 5.91 Å². The van der Waals surface area contributed by atoms with Crippen LogP contribution in [0.25, 0.3) is 0 Å². The monoisotopic (exact) mass is 251 g/mol. The molecule has 98 valence electrons. The van der Waals surface area contributed by atoms with Gasteiger partial charge >= 0.3 is 0 Å². The fourth-order valence-electron chi connectivity index (χ4n) is 2.21.